The zero-order valence-electron chi connectivity index (χ0n) is 28.7. The van der Waals surface area contributed by atoms with Crippen molar-refractivity contribution in [3.8, 4) is 5.75 Å². The lowest BCUT2D eigenvalue weighted by Crippen LogP contribution is -2.47. The Morgan fingerprint density at radius 2 is 1.72 bits per heavy atom. The number of methoxy groups -OCH3 is 1. The number of nitro benzene ring substituents is 1. The van der Waals surface area contributed by atoms with Crippen molar-refractivity contribution in [3.05, 3.63) is 117 Å². The summed E-state index contributed by atoms with van der Waals surface area (Å²) < 4.78 is 11.2. The summed E-state index contributed by atoms with van der Waals surface area (Å²) in [7, 11) is 1.68. The largest absolute Gasteiger partial charge is 0.497 e. The Balaban J connectivity index is 1.36. The van der Waals surface area contributed by atoms with Crippen molar-refractivity contribution in [2.24, 2.45) is 10.7 Å². The summed E-state index contributed by atoms with van der Waals surface area (Å²) in [6.07, 6.45) is 4.00. The molecule has 2 aliphatic heterocycles. The fraction of sp³-hybridized carbons (Fsp3) is 0.395. The Morgan fingerprint density at radius 1 is 1.04 bits per heavy atom. The van der Waals surface area contributed by atoms with Crippen LogP contribution in [0.5, 0.6) is 5.75 Å². The maximum Gasteiger partial charge on any atom is 0.269 e. The second-order valence-corrected chi connectivity index (χ2v) is 12.7. The van der Waals surface area contributed by atoms with Gasteiger partial charge in [0.05, 0.1) is 48.6 Å². The Morgan fingerprint density at radius 3 is 2.32 bits per heavy atom. The minimum Gasteiger partial charge on any atom is -0.497 e. The second kappa shape index (κ2) is 17.1. The smallest absolute Gasteiger partial charge is 0.269 e. The molecule has 2 amide bonds. The number of hydrogen-bond acceptors (Lipinski definition) is 9. The monoisotopic (exact) mass is 682 g/mol. The summed E-state index contributed by atoms with van der Waals surface area (Å²) in [5, 5.41) is 14.3. The number of carbonyl (C=O) groups is 2. The minimum absolute atomic E-state index is 0.0519. The van der Waals surface area contributed by atoms with Crippen LogP contribution in [-0.4, -0.2) is 92.3 Å². The van der Waals surface area contributed by atoms with Crippen molar-refractivity contribution in [1.29, 1.82) is 0 Å². The number of benzene rings is 3. The van der Waals surface area contributed by atoms with Gasteiger partial charge in [0.25, 0.3) is 5.69 Å². The molecule has 3 N–H and O–H groups in total. The number of nitrogens with zero attached hydrogens (tertiary/aromatic N) is 4. The van der Waals surface area contributed by atoms with Gasteiger partial charge in [0.15, 0.2) is 0 Å². The van der Waals surface area contributed by atoms with Crippen molar-refractivity contribution in [1.82, 2.24) is 15.1 Å². The first kappa shape index (κ1) is 36.4. The summed E-state index contributed by atoms with van der Waals surface area (Å²) >= 11 is 0. The van der Waals surface area contributed by atoms with Gasteiger partial charge in [0.1, 0.15) is 5.75 Å². The van der Waals surface area contributed by atoms with Crippen molar-refractivity contribution >= 4 is 24.2 Å². The Hall–Kier alpha value is -4.91. The standard InChI is InChI=1S/C38H46N6O6/c1-28-36(40-26-45)35(29-9-13-32(14-10-29)44(47)48)37(34(41-28)25-50-24-19-39)43(27-46)21-6-20-42-22-17-38(18-23-42,30-7-4-3-5-8-30)31-11-15-33(49-2)16-12-31/h3-5,7-16,26-27,35-36H,6,17-25,39H2,1-2H3,(H,40,45). The van der Waals surface area contributed by atoms with E-state index in [-0.39, 0.29) is 17.7 Å². The van der Waals surface area contributed by atoms with E-state index in [1.807, 2.05) is 25.1 Å². The van der Waals surface area contributed by atoms with Crippen LogP contribution in [0.2, 0.25) is 0 Å². The molecule has 0 aliphatic carbocycles. The van der Waals surface area contributed by atoms with E-state index in [0.717, 1.165) is 44.6 Å². The molecule has 0 radical (unpaired) electrons. The molecule has 0 saturated carbocycles. The number of aliphatic imine (C=N–C) groups is 1. The molecule has 0 aromatic heterocycles. The Kier molecular flexibility index (Phi) is 12.5. The lowest BCUT2D eigenvalue weighted by molar-refractivity contribution is -0.384. The van der Waals surface area contributed by atoms with Gasteiger partial charge >= 0.3 is 0 Å². The molecule has 0 bridgehead atoms. The van der Waals surface area contributed by atoms with Gasteiger partial charge in [-0.1, -0.05) is 54.6 Å². The quantitative estimate of drug-likeness (QED) is 0.0921. The van der Waals surface area contributed by atoms with Gasteiger partial charge in [-0.25, -0.2) is 0 Å². The molecule has 5 rings (SSSR count). The van der Waals surface area contributed by atoms with Gasteiger partial charge in [-0.05, 0) is 74.6 Å². The van der Waals surface area contributed by atoms with Crippen LogP contribution >= 0.6 is 0 Å². The Bertz CT molecular complexity index is 1650. The summed E-state index contributed by atoms with van der Waals surface area (Å²) in [4.78, 5) is 44.5. The number of carbonyl (C=O) groups excluding carboxylic acids is 2. The number of nitrogens with one attached hydrogen (secondary N) is 1. The van der Waals surface area contributed by atoms with Crippen LogP contribution < -0.4 is 15.8 Å². The first-order valence-corrected chi connectivity index (χ1v) is 17.0. The fourth-order valence-corrected chi connectivity index (χ4v) is 7.33. The summed E-state index contributed by atoms with van der Waals surface area (Å²) in [5.74, 6) is 0.299. The predicted octanol–water partition coefficient (Wildman–Crippen LogP) is 4.39. The summed E-state index contributed by atoms with van der Waals surface area (Å²) in [6, 6.07) is 24.7. The summed E-state index contributed by atoms with van der Waals surface area (Å²) in [5.41, 5.74) is 10.6. The third kappa shape index (κ3) is 8.10. The molecule has 2 heterocycles. The number of likely N-dealkylation sites (tertiary alicyclic amines) is 1. The third-order valence-corrected chi connectivity index (χ3v) is 9.89. The molecular formula is C38H46N6O6. The maximum atomic E-state index is 12.9. The van der Waals surface area contributed by atoms with Crippen molar-refractivity contribution in [2.45, 2.75) is 43.6 Å². The highest BCUT2D eigenvalue weighted by atomic mass is 16.6. The first-order valence-electron chi connectivity index (χ1n) is 17.0. The molecule has 2 unspecified atom stereocenters. The number of piperidine rings is 1. The molecule has 3 aromatic rings. The Labute approximate surface area is 293 Å². The topological polar surface area (TPSA) is 153 Å². The van der Waals surface area contributed by atoms with E-state index in [9.17, 15) is 19.7 Å². The van der Waals surface area contributed by atoms with E-state index in [2.05, 4.69) is 46.6 Å². The zero-order valence-corrected chi connectivity index (χ0v) is 28.7. The lowest BCUT2D eigenvalue weighted by Gasteiger charge is -2.43. The number of ether oxygens (including phenoxy) is 2. The second-order valence-electron chi connectivity index (χ2n) is 12.7. The van der Waals surface area contributed by atoms with E-state index in [1.54, 1.807) is 24.1 Å². The van der Waals surface area contributed by atoms with Crippen LogP contribution in [0.25, 0.3) is 0 Å². The normalized spacial score (nSPS) is 19.0. The van der Waals surface area contributed by atoms with Crippen LogP contribution in [0.1, 0.15) is 48.8 Å². The number of hydrogen-bond donors (Lipinski definition) is 2. The van der Waals surface area contributed by atoms with E-state index in [0.29, 0.717) is 55.2 Å². The molecule has 12 nitrogen and oxygen atoms in total. The van der Waals surface area contributed by atoms with E-state index >= 15 is 0 Å². The van der Waals surface area contributed by atoms with Gasteiger partial charge in [-0.2, -0.15) is 0 Å². The molecule has 12 heteroatoms. The number of non-ortho nitro benzene ring substituents is 1. The van der Waals surface area contributed by atoms with Crippen molar-refractivity contribution in [3.63, 3.8) is 0 Å². The highest BCUT2D eigenvalue weighted by Gasteiger charge is 2.39. The number of rotatable bonds is 17. The molecule has 3 aromatic carbocycles. The van der Waals surface area contributed by atoms with Crippen molar-refractivity contribution < 1.29 is 24.0 Å². The highest BCUT2D eigenvalue weighted by Crippen LogP contribution is 2.42. The number of nitrogens with two attached hydrogens (primary N) is 1. The van der Waals surface area contributed by atoms with Crippen LogP contribution in [0, 0.1) is 10.1 Å². The fourth-order valence-electron chi connectivity index (χ4n) is 7.33. The molecule has 1 fully saturated rings. The van der Waals surface area contributed by atoms with Crippen LogP contribution in [0.3, 0.4) is 0 Å². The molecule has 0 spiro atoms. The molecule has 2 aliphatic rings. The van der Waals surface area contributed by atoms with E-state index < -0.39 is 16.9 Å². The molecule has 1 saturated heterocycles. The van der Waals surface area contributed by atoms with E-state index in [1.165, 1.54) is 23.3 Å². The molecule has 2 atom stereocenters. The van der Waals surface area contributed by atoms with Gasteiger partial charge < -0.3 is 30.3 Å². The number of amides is 2. The highest BCUT2D eigenvalue weighted by molar-refractivity contribution is 5.92. The average molecular weight is 683 g/mol. The molecule has 264 valence electrons. The first-order chi connectivity index (χ1) is 24.3. The lowest BCUT2D eigenvalue weighted by atomic mass is 9.68. The van der Waals surface area contributed by atoms with Crippen LogP contribution in [0.15, 0.2) is 95.2 Å². The van der Waals surface area contributed by atoms with Gasteiger partial charge in [-0.3, -0.25) is 24.7 Å². The van der Waals surface area contributed by atoms with Gasteiger partial charge in [0, 0.05) is 36.3 Å². The summed E-state index contributed by atoms with van der Waals surface area (Å²) in [6.45, 7) is 5.53. The SMILES string of the molecule is COc1ccc(C2(c3ccccc3)CCN(CCCN(C=O)C3=C(COCCN)N=C(C)C(NC=O)C3c3ccc([N+](=O)[O-])cc3)CC2)cc1. The van der Waals surface area contributed by atoms with Crippen LogP contribution in [0.4, 0.5) is 5.69 Å². The van der Waals surface area contributed by atoms with E-state index in [4.69, 9.17) is 20.2 Å². The minimum atomic E-state index is -0.573. The van der Waals surface area contributed by atoms with Gasteiger partial charge in [0.2, 0.25) is 12.8 Å². The predicted molar refractivity (Wildman–Crippen MR) is 192 cm³/mol. The molecule has 50 heavy (non-hydrogen) atoms. The molecular weight excluding hydrogens is 636 g/mol. The maximum absolute atomic E-state index is 12.9. The van der Waals surface area contributed by atoms with Crippen LogP contribution in [-0.2, 0) is 19.7 Å². The van der Waals surface area contributed by atoms with Gasteiger partial charge in [-0.15, -0.1) is 0 Å². The number of nitro groups is 1. The third-order valence-electron chi connectivity index (χ3n) is 9.89. The zero-order chi connectivity index (χ0) is 35.5. The average Bonchev–Trinajstić information content (AvgIpc) is 3.15. The van der Waals surface area contributed by atoms with Crippen molar-refractivity contribution in [2.75, 3.05) is 53.0 Å².